The SMILES string of the molecule is Cc1ccc(C)c(C(O)c2ccc(C(F)(F)F)cc2C)c1. The lowest BCUT2D eigenvalue weighted by atomic mass is 9.92. The maximum Gasteiger partial charge on any atom is 0.416 e. The summed E-state index contributed by atoms with van der Waals surface area (Å²) in [6.07, 6.45) is -5.29. The third-order valence-electron chi connectivity index (χ3n) is 3.62. The molecule has 0 aliphatic carbocycles. The third-order valence-corrected chi connectivity index (χ3v) is 3.62. The summed E-state index contributed by atoms with van der Waals surface area (Å²) in [5.74, 6) is 0. The summed E-state index contributed by atoms with van der Waals surface area (Å²) in [5, 5.41) is 10.5. The Kier molecular flexibility index (Phi) is 4.10. The van der Waals surface area contributed by atoms with Gasteiger partial charge in [-0.1, -0.05) is 29.8 Å². The fourth-order valence-electron chi connectivity index (χ4n) is 2.38. The van der Waals surface area contributed by atoms with Crippen LogP contribution in [0.4, 0.5) is 13.2 Å². The Hall–Kier alpha value is -1.81. The molecule has 0 heterocycles. The van der Waals surface area contributed by atoms with Crippen molar-refractivity contribution in [2.24, 2.45) is 0 Å². The quantitative estimate of drug-likeness (QED) is 0.850. The first-order chi connectivity index (χ1) is 9.70. The van der Waals surface area contributed by atoms with E-state index in [-0.39, 0.29) is 0 Å². The van der Waals surface area contributed by atoms with Gasteiger partial charge >= 0.3 is 6.18 Å². The molecule has 1 atom stereocenters. The fourth-order valence-corrected chi connectivity index (χ4v) is 2.38. The number of aliphatic hydroxyl groups excluding tert-OH is 1. The second kappa shape index (κ2) is 5.53. The molecule has 1 nitrogen and oxygen atoms in total. The van der Waals surface area contributed by atoms with Gasteiger partial charge in [-0.2, -0.15) is 13.2 Å². The number of hydrogen-bond acceptors (Lipinski definition) is 1. The van der Waals surface area contributed by atoms with Gasteiger partial charge in [0.25, 0.3) is 0 Å². The molecule has 2 aromatic rings. The van der Waals surface area contributed by atoms with Crippen molar-refractivity contribution >= 4 is 0 Å². The average Bonchev–Trinajstić information content (AvgIpc) is 2.39. The molecule has 0 aliphatic rings. The maximum absolute atomic E-state index is 12.7. The first-order valence-electron chi connectivity index (χ1n) is 6.63. The molecule has 21 heavy (non-hydrogen) atoms. The molecule has 4 heteroatoms. The van der Waals surface area contributed by atoms with E-state index in [1.165, 1.54) is 6.07 Å². The summed E-state index contributed by atoms with van der Waals surface area (Å²) >= 11 is 0. The lowest BCUT2D eigenvalue weighted by Gasteiger charge is -2.18. The summed E-state index contributed by atoms with van der Waals surface area (Å²) in [7, 11) is 0. The first kappa shape index (κ1) is 15.6. The van der Waals surface area contributed by atoms with Crippen LogP contribution in [-0.2, 0) is 6.18 Å². The molecule has 0 radical (unpaired) electrons. The largest absolute Gasteiger partial charge is 0.416 e. The molecule has 1 unspecified atom stereocenters. The van der Waals surface area contributed by atoms with Crippen LogP contribution in [0.15, 0.2) is 36.4 Å². The van der Waals surface area contributed by atoms with Crippen LogP contribution in [0.1, 0.15) is 39.5 Å². The zero-order valence-corrected chi connectivity index (χ0v) is 12.1. The van der Waals surface area contributed by atoms with Crippen LogP contribution in [0, 0.1) is 20.8 Å². The number of halogens is 3. The molecule has 1 N–H and O–H groups in total. The third kappa shape index (κ3) is 3.27. The monoisotopic (exact) mass is 294 g/mol. The molecule has 0 saturated carbocycles. The molecule has 2 rings (SSSR count). The van der Waals surface area contributed by atoms with Crippen LogP contribution < -0.4 is 0 Å². The molecule has 2 aromatic carbocycles. The molecule has 0 bridgehead atoms. The van der Waals surface area contributed by atoms with E-state index in [0.29, 0.717) is 11.1 Å². The Labute approximate surface area is 122 Å². The van der Waals surface area contributed by atoms with Gasteiger partial charge in [0.15, 0.2) is 0 Å². The van der Waals surface area contributed by atoms with Crippen LogP contribution >= 0.6 is 0 Å². The number of benzene rings is 2. The topological polar surface area (TPSA) is 20.2 Å². The lowest BCUT2D eigenvalue weighted by molar-refractivity contribution is -0.137. The van der Waals surface area contributed by atoms with E-state index in [1.54, 1.807) is 6.92 Å². The Morgan fingerprint density at radius 2 is 1.52 bits per heavy atom. The Morgan fingerprint density at radius 1 is 0.857 bits per heavy atom. The maximum atomic E-state index is 12.7. The van der Waals surface area contributed by atoms with E-state index in [9.17, 15) is 18.3 Å². The molecule has 0 aromatic heterocycles. The molecule has 0 saturated heterocycles. The van der Waals surface area contributed by atoms with Crippen molar-refractivity contribution in [1.29, 1.82) is 0 Å². The summed E-state index contributed by atoms with van der Waals surface area (Å²) in [6, 6.07) is 9.13. The molecule has 0 fully saturated rings. The summed E-state index contributed by atoms with van der Waals surface area (Å²) in [5.41, 5.74) is 2.86. The first-order valence-corrected chi connectivity index (χ1v) is 6.63. The van der Waals surface area contributed by atoms with Gasteiger partial charge in [-0.15, -0.1) is 0 Å². The average molecular weight is 294 g/mol. The highest BCUT2D eigenvalue weighted by molar-refractivity contribution is 5.42. The van der Waals surface area contributed by atoms with Gasteiger partial charge in [-0.25, -0.2) is 0 Å². The van der Waals surface area contributed by atoms with Gasteiger partial charge in [0.1, 0.15) is 6.10 Å². The minimum atomic E-state index is -4.37. The molecule has 112 valence electrons. The van der Waals surface area contributed by atoms with Crippen LogP contribution in [0.25, 0.3) is 0 Å². The summed E-state index contributed by atoms with van der Waals surface area (Å²) < 4.78 is 38.0. The molecular formula is C17H17F3O. The van der Waals surface area contributed by atoms with Crippen molar-refractivity contribution in [2.75, 3.05) is 0 Å². The van der Waals surface area contributed by atoms with Crippen molar-refractivity contribution in [3.05, 3.63) is 69.8 Å². The smallest absolute Gasteiger partial charge is 0.384 e. The molecule has 0 spiro atoms. The second-order valence-electron chi connectivity index (χ2n) is 5.33. The zero-order valence-electron chi connectivity index (χ0n) is 12.1. The van der Waals surface area contributed by atoms with Gasteiger partial charge in [-0.3, -0.25) is 0 Å². The number of rotatable bonds is 2. The lowest BCUT2D eigenvalue weighted by Crippen LogP contribution is -2.09. The highest BCUT2D eigenvalue weighted by Gasteiger charge is 2.31. The zero-order chi connectivity index (χ0) is 15.8. The second-order valence-corrected chi connectivity index (χ2v) is 5.33. The van der Waals surface area contributed by atoms with E-state index < -0.39 is 17.8 Å². The highest BCUT2D eigenvalue weighted by atomic mass is 19.4. The fraction of sp³-hybridized carbons (Fsp3) is 0.294. The van der Waals surface area contributed by atoms with Crippen molar-refractivity contribution < 1.29 is 18.3 Å². The summed E-state index contributed by atoms with van der Waals surface area (Å²) in [6.45, 7) is 5.37. The number of alkyl halides is 3. The van der Waals surface area contributed by atoms with Crippen LogP contribution in [0.3, 0.4) is 0 Å². The molecular weight excluding hydrogens is 277 g/mol. The Morgan fingerprint density at radius 3 is 2.10 bits per heavy atom. The standard InChI is InChI=1S/C17H17F3O/c1-10-4-5-11(2)15(8-10)16(21)14-7-6-13(9-12(14)3)17(18,19)20/h4-9,16,21H,1-3H3. The number of aryl methyl sites for hydroxylation is 3. The van der Waals surface area contributed by atoms with Crippen molar-refractivity contribution in [2.45, 2.75) is 33.1 Å². The van der Waals surface area contributed by atoms with E-state index in [4.69, 9.17) is 0 Å². The van der Waals surface area contributed by atoms with Crippen LogP contribution in [0.5, 0.6) is 0 Å². The van der Waals surface area contributed by atoms with Crippen molar-refractivity contribution in [1.82, 2.24) is 0 Å². The highest BCUT2D eigenvalue weighted by Crippen LogP contribution is 2.33. The van der Waals surface area contributed by atoms with E-state index in [2.05, 4.69) is 0 Å². The Balaban J connectivity index is 2.44. The van der Waals surface area contributed by atoms with Gasteiger partial charge in [0.2, 0.25) is 0 Å². The van der Waals surface area contributed by atoms with Crippen molar-refractivity contribution in [3.8, 4) is 0 Å². The number of hydrogen-bond donors (Lipinski definition) is 1. The van der Waals surface area contributed by atoms with Gasteiger partial charge in [0.05, 0.1) is 5.56 Å². The predicted molar refractivity (Wildman–Crippen MR) is 76.2 cm³/mol. The van der Waals surface area contributed by atoms with Gasteiger partial charge in [-0.05, 0) is 55.2 Å². The molecule has 0 amide bonds. The predicted octanol–water partition coefficient (Wildman–Crippen LogP) is 4.71. The molecule has 0 aliphatic heterocycles. The van der Waals surface area contributed by atoms with Gasteiger partial charge in [0, 0.05) is 0 Å². The minimum Gasteiger partial charge on any atom is -0.384 e. The number of aliphatic hydroxyl groups is 1. The van der Waals surface area contributed by atoms with Crippen LogP contribution in [0.2, 0.25) is 0 Å². The van der Waals surface area contributed by atoms with E-state index in [0.717, 1.165) is 28.8 Å². The van der Waals surface area contributed by atoms with Gasteiger partial charge < -0.3 is 5.11 Å². The van der Waals surface area contributed by atoms with Crippen molar-refractivity contribution in [3.63, 3.8) is 0 Å². The summed E-state index contributed by atoms with van der Waals surface area (Å²) in [4.78, 5) is 0. The van der Waals surface area contributed by atoms with Crippen LogP contribution in [-0.4, -0.2) is 5.11 Å². The normalized spacial score (nSPS) is 13.3. The Bertz CT molecular complexity index is 660. The minimum absolute atomic E-state index is 0.429. The van der Waals surface area contributed by atoms with E-state index >= 15 is 0 Å². The van der Waals surface area contributed by atoms with E-state index in [1.807, 2.05) is 32.0 Å².